The van der Waals surface area contributed by atoms with Gasteiger partial charge in [0, 0.05) is 24.5 Å². The molecule has 1 saturated heterocycles. The number of hydrogen-bond donors (Lipinski definition) is 1. The molecule has 1 N–H and O–H groups in total. The minimum absolute atomic E-state index is 0.0104. The zero-order valence-electron chi connectivity index (χ0n) is 17.2. The number of aliphatic hydroxyl groups is 1. The van der Waals surface area contributed by atoms with Crippen LogP contribution < -0.4 is 4.74 Å². The molecule has 2 aromatic heterocycles. The van der Waals surface area contributed by atoms with E-state index >= 15 is 0 Å². The number of ketones is 1. The first-order valence-corrected chi connectivity index (χ1v) is 9.93. The number of aromatic nitrogens is 1. The number of amides is 1. The quantitative estimate of drug-likeness (QED) is 0.368. The lowest BCUT2D eigenvalue weighted by molar-refractivity contribution is -0.140. The molecule has 3 aromatic rings. The van der Waals surface area contributed by atoms with Gasteiger partial charge in [-0.05, 0) is 61.9 Å². The maximum Gasteiger partial charge on any atom is 0.296 e. The van der Waals surface area contributed by atoms with Gasteiger partial charge in [-0.2, -0.15) is 0 Å². The number of furan rings is 1. The molecule has 0 saturated carbocycles. The molecule has 0 spiro atoms. The number of hydrogen-bond acceptors (Lipinski definition) is 6. The Labute approximate surface area is 179 Å². The third-order valence-electron chi connectivity index (χ3n) is 4.93. The highest BCUT2D eigenvalue weighted by Gasteiger charge is 2.47. The lowest BCUT2D eigenvalue weighted by Crippen LogP contribution is -2.29. The van der Waals surface area contributed by atoms with E-state index in [0.29, 0.717) is 17.1 Å². The summed E-state index contributed by atoms with van der Waals surface area (Å²) in [6.07, 6.45) is 4.74. The fraction of sp³-hybridized carbons (Fsp3) is 0.208. The predicted molar refractivity (Wildman–Crippen MR) is 113 cm³/mol. The highest BCUT2D eigenvalue weighted by Crippen LogP contribution is 2.40. The van der Waals surface area contributed by atoms with Crippen molar-refractivity contribution in [2.45, 2.75) is 32.5 Å². The molecular formula is C24H22N2O5. The normalized spacial score (nSPS) is 18.0. The third-order valence-corrected chi connectivity index (χ3v) is 4.93. The molecule has 0 bridgehead atoms. The lowest BCUT2D eigenvalue weighted by atomic mass is 9.99. The van der Waals surface area contributed by atoms with Crippen LogP contribution in [0.1, 0.15) is 36.8 Å². The maximum absolute atomic E-state index is 12.9. The SMILES string of the molecule is CC(C)Oc1ccc(/C(O)=C2\C(=O)C(=O)N(Cc3cccnc3)[C@H]2c2ccco2)cc1. The number of pyridine rings is 1. The minimum atomic E-state index is -0.846. The molecule has 4 rings (SSSR count). The second-order valence-electron chi connectivity index (χ2n) is 7.49. The molecule has 0 radical (unpaired) electrons. The van der Waals surface area contributed by atoms with E-state index in [-0.39, 0.29) is 24.0 Å². The fourth-order valence-electron chi connectivity index (χ4n) is 3.59. The first-order chi connectivity index (χ1) is 15.0. The fourth-order valence-corrected chi connectivity index (χ4v) is 3.59. The van der Waals surface area contributed by atoms with Gasteiger partial charge in [-0.1, -0.05) is 6.07 Å². The van der Waals surface area contributed by atoms with Gasteiger partial charge in [0.2, 0.25) is 0 Å². The summed E-state index contributed by atoms with van der Waals surface area (Å²) < 4.78 is 11.2. The summed E-state index contributed by atoms with van der Waals surface area (Å²) in [5, 5.41) is 11.0. The Morgan fingerprint density at radius 1 is 1.16 bits per heavy atom. The van der Waals surface area contributed by atoms with Crippen molar-refractivity contribution in [1.82, 2.24) is 9.88 Å². The smallest absolute Gasteiger partial charge is 0.296 e. The molecule has 7 nitrogen and oxygen atoms in total. The van der Waals surface area contributed by atoms with E-state index < -0.39 is 17.7 Å². The van der Waals surface area contributed by atoms with Gasteiger partial charge in [0.15, 0.2) is 0 Å². The second kappa shape index (κ2) is 8.47. The number of nitrogens with zero attached hydrogens (tertiary/aromatic N) is 2. The third kappa shape index (κ3) is 4.07. The van der Waals surface area contributed by atoms with Crippen LogP contribution in [-0.4, -0.2) is 32.8 Å². The molecule has 1 aliphatic rings. The molecule has 1 amide bonds. The number of benzene rings is 1. The Kier molecular flexibility index (Phi) is 5.58. The largest absolute Gasteiger partial charge is 0.507 e. The van der Waals surface area contributed by atoms with Crippen LogP contribution in [0.5, 0.6) is 5.75 Å². The summed E-state index contributed by atoms with van der Waals surface area (Å²) in [7, 11) is 0. The molecule has 1 aromatic carbocycles. The average Bonchev–Trinajstić information content (AvgIpc) is 3.37. The van der Waals surface area contributed by atoms with Crippen molar-refractivity contribution in [2.24, 2.45) is 0 Å². The zero-order chi connectivity index (χ0) is 22.0. The molecule has 0 unspecified atom stereocenters. The summed E-state index contributed by atoms with van der Waals surface area (Å²) >= 11 is 0. The second-order valence-corrected chi connectivity index (χ2v) is 7.49. The van der Waals surface area contributed by atoms with Crippen LogP contribution in [0, 0.1) is 0 Å². The van der Waals surface area contributed by atoms with E-state index in [1.807, 2.05) is 19.9 Å². The van der Waals surface area contributed by atoms with Gasteiger partial charge in [0.1, 0.15) is 23.3 Å². The highest BCUT2D eigenvalue weighted by atomic mass is 16.5. The molecule has 0 aliphatic carbocycles. The molecule has 1 fully saturated rings. The van der Waals surface area contributed by atoms with Gasteiger partial charge in [-0.3, -0.25) is 14.6 Å². The van der Waals surface area contributed by atoms with E-state index in [9.17, 15) is 14.7 Å². The molecule has 31 heavy (non-hydrogen) atoms. The summed E-state index contributed by atoms with van der Waals surface area (Å²) in [4.78, 5) is 31.3. The first kappa shape index (κ1) is 20.4. The van der Waals surface area contributed by atoms with E-state index in [4.69, 9.17) is 9.15 Å². The summed E-state index contributed by atoms with van der Waals surface area (Å²) in [6, 6.07) is 12.8. The van der Waals surface area contributed by atoms with Crippen molar-refractivity contribution in [3.05, 3.63) is 89.6 Å². The van der Waals surface area contributed by atoms with Crippen LogP contribution in [0.15, 0.2) is 77.2 Å². The molecule has 1 aliphatic heterocycles. The number of ether oxygens (including phenoxy) is 1. The van der Waals surface area contributed by atoms with E-state index in [0.717, 1.165) is 5.56 Å². The molecule has 158 valence electrons. The van der Waals surface area contributed by atoms with Crippen molar-refractivity contribution < 1.29 is 23.8 Å². The topological polar surface area (TPSA) is 92.9 Å². The Morgan fingerprint density at radius 2 is 1.94 bits per heavy atom. The lowest BCUT2D eigenvalue weighted by Gasteiger charge is -2.23. The predicted octanol–water partition coefficient (Wildman–Crippen LogP) is 4.08. The summed E-state index contributed by atoms with van der Waals surface area (Å²) in [5.74, 6) is -0.683. The molecule has 1 atom stereocenters. The van der Waals surface area contributed by atoms with Crippen molar-refractivity contribution >= 4 is 17.4 Å². The Bertz CT molecular complexity index is 1100. The molecule has 7 heteroatoms. The summed E-state index contributed by atoms with van der Waals surface area (Å²) in [5.41, 5.74) is 1.16. The van der Waals surface area contributed by atoms with Gasteiger partial charge in [-0.15, -0.1) is 0 Å². The Morgan fingerprint density at radius 3 is 2.55 bits per heavy atom. The van der Waals surface area contributed by atoms with Gasteiger partial charge in [0.25, 0.3) is 11.7 Å². The standard InChI is InChI=1S/C24H22N2O5/c1-15(2)31-18-9-7-17(8-10-18)22(27)20-21(19-6-4-12-30-19)26(24(29)23(20)28)14-16-5-3-11-25-13-16/h3-13,15,21,27H,14H2,1-2H3/b22-20+/t21-/m0/s1. The van der Waals surface area contributed by atoms with E-state index in [1.54, 1.807) is 54.9 Å². The molecule has 3 heterocycles. The zero-order valence-corrected chi connectivity index (χ0v) is 17.2. The van der Waals surface area contributed by atoms with Crippen molar-refractivity contribution in [2.75, 3.05) is 0 Å². The maximum atomic E-state index is 12.9. The highest BCUT2D eigenvalue weighted by molar-refractivity contribution is 6.46. The van der Waals surface area contributed by atoms with Crippen LogP contribution in [0.25, 0.3) is 5.76 Å². The van der Waals surface area contributed by atoms with Crippen LogP contribution in [0.3, 0.4) is 0 Å². The monoisotopic (exact) mass is 418 g/mol. The van der Waals surface area contributed by atoms with Crippen LogP contribution >= 0.6 is 0 Å². The number of rotatable bonds is 6. The van der Waals surface area contributed by atoms with Crippen molar-refractivity contribution in [3.63, 3.8) is 0 Å². The van der Waals surface area contributed by atoms with Gasteiger partial charge in [0.05, 0.1) is 17.9 Å². The summed E-state index contributed by atoms with van der Waals surface area (Å²) in [6.45, 7) is 3.99. The number of likely N-dealkylation sites (tertiary alicyclic amines) is 1. The first-order valence-electron chi connectivity index (χ1n) is 9.93. The Hall–Kier alpha value is -3.87. The van der Waals surface area contributed by atoms with Crippen molar-refractivity contribution in [3.8, 4) is 5.75 Å². The van der Waals surface area contributed by atoms with E-state index in [2.05, 4.69) is 4.98 Å². The number of aliphatic hydroxyl groups excluding tert-OH is 1. The molecular weight excluding hydrogens is 396 g/mol. The number of Topliss-reactive ketones (excluding diaryl/α,β-unsaturated/α-hetero) is 1. The van der Waals surface area contributed by atoms with E-state index in [1.165, 1.54) is 11.2 Å². The van der Waals surface area contributed by atoms with Crippen LogP contribution in [0.2, 0.25) is 0 Å². The van der Waals surface area contributed by atoms with Crippen LogP contribution in [0.4, 0.5) is 0 Å². The van der Waals surface area contributed by atoms with Gasteiger partial charge >= 0.3 is 0 Å². The van der Waals surface area contributed by atoms with Gasteiger partial charge in [-0.25, -0.2) is 0 Å². The number of carbonyl (C=O) groups is 2. The average molecular weight is 418 g/mol. The van der Waals surface area contributed by atoms with Crippen LogP contribution in [-0.2, 0) is 16.1 Å². The Balaban J connectivity index is 1.76. The number of carbonyl (C=O) groups excluding carboxylic acids is 2. The van der Waals surface area contributed by atoms with Gasteiger partial charge < -0.3 is 19.2 Å². The minimum Gasteiger partial charge on any atom is -0.507 e. The van der Waals surface area contributed by atoms with Crippen molar-refractivity contribution in [1.29, 1.82) is 0 Å².